The molecular weight excluding hydrogens is 337 g/mol. The normalized spacial score (nSPS) is 18.5. The van der Waals surface area contributed by atoms with Crippen molar-refractivity contribution in [3.63, 3.8) is 0 Å². The highest BCUT2D eigenvalue weighted by Gasteiger charge is 2.26. The molecule has 0 radical (unpaired) electrons. The molecule has 3 rings (SSSR count). The molecule has 1 aromatic rings. The quantitative estimate of drug-likeness (QED) is 0.894. The molecule has 0 spiro atoms. The number of hydrogen-bond acceptors (Lipinski definition) is 3. The molecule has 1 saturated carbocycles. The third-order valence-corrected chi connectivity index (χ3v) is 5.04. The van der Waals surface area contributed by atoms with Crippen LogP contribution in [0.2, 0.25) is 0 Å². The molecule has 26 heavy (non-hydrogen) atoms. The summed E-state index contributed by atoms with van der Waals surface area (Å²) in [6, 6.07) is 6.27. The maximum Gasteiger partial charge on any atom is 0.317 e. The zero-order valence-electron chi connectivity index (χ0n) is 15.0. The first-order valence-electron chi connectivity index (χ1n) is 9.34. The molecule has 3 amide bonds. The zero-order valence-corrected chi connectivity index (χ0v) is 15.0. The summed E-state index contributed by atoms with van der Waals surface area (Å²) in [7, 11) is 0. The first-order chi connectivity index (χ1) is 12.6. The van der Waals surface area contributed by atoms with Crippen LogP contribution in [-0.4, -0.2) is 60.6 Å². The van der Waals surface area contributed by atoms with Gasteiger partial charge in [0.1, 0.15) is 0 Å². The van der Waals surface area contributed by atoms with E-state index in [9.17, 15) is 14.0 Å². The molecule has 2 fully saturated rings. The van der Waals surface area contributed by atoms with Crippen molar-refractivity contribution in [1.29, 1.82) is 0 Å². The first kappa shape index (κ1) is 18.5. The van der Waals surface area contributed by atoms with E-state index in [1.54, 1.807) is 21.9 Å². The van der Waals surface area contributed by atoms with Gasteiger partial charge in [0.25, 0.3) is 5.91 Å². The van der Waals surface area contributed by atoms with Gasteiger partial charge in [0, 0.05) is 32.2 Å². The summed E-state index contributed by atoms with van der Waals surface area (Å²) in [5.41, 5.74) is 0. The number of para-hydroxylation sites is 1. The standard InChI is InChI=1S/C19H26FN3O3/c20-16-8-4-5-9-17(16)26-14-18(24)22-10-12-23(13-11-22)19(25)21-15-6-2-1-3-7-15/h4-5,8-9,15H,1-3,6-7,10-14H2,(H,21,25). The lowest BCUT2D eigenvalue weighted by molar-refractivity contribution is -0.134. The summed E-state index contributed by atoms with van der Waals surface area (Å²) >= 11 is 0. The van der Waals surface area contributed by atoms with Gasteiger partial charge in [-0.05, 0) is 25.0 Å². The van der Waals surface area contributed by atoms with Crippen molar-refractivity contribution in [2.75, 3.05) is 32.8 Å². The largest absolute Gasteiger partial charge is 0.481 e. The number of hydrogen-bond donors (Lipinski definition) is 1. The SMILES string of the molecule is O=C(COc1ccccc1F)N1CCN(C(=O)NC2CCCCC2)CC1. The van der Waals surface area contributed by atoms with E-state index in [2.05, 4.69) is 5.32 Å². The fourth-order valence-electron chi connectivity index (χ4n) is 3.46. The Morgan fingerprint density at radius 1 is 1.04 bits per heavy atom. The highest BCUT2D eigenvalue weighted by atomic mass is 19.1. The van der Waals surface area contributed by atoms with Crippen molar-refractivity contribution in [3.8, 4) is 5.75 Å². The molecule has 2 aliphatic rings. The predicted molar refractivity (Wildman–Crippen MR) is 95.5 cm³/mol. The fraction of sp³-hybridized carbons (Fsp3) is 0.579. The molecule has 0 atom stereocenters. The van der Waals surface area contributed by atoms with Crippen molar-refractivity contribution in [3.05, 3.63) is 30.1 Å². The van der Waals surface area contributed by atoms with Crippen LogP contribution >= 0.6 is 0 Å². The lowest BCUT2D eigenvalue weighted by Crippen LogP contribution is -2.55. The van der Waals surface area contributed by atoms with Gasteiger partial charge in [-0.2, -0.15) is 0 Å². The first-order valence-corrected chi connectivity index (χ1v) is 9.34. The summed E-state index contributed by atoms with van der Waals surface area (Å²) in [6.45, 7) is 1.75. The van der Waals surface area contributed by atoms with Crippen LogP contribution in [0.15, 0.2) is 24.3 Å². The number of nitrogens with zero attached hydrogens (tertiary/aromatic N) is 2. The van der Waals surface area contributed by atoms with E-state index >= 15 is 0 Å². The van der Waals surface area contributed by atoms with Crippen molar-refractivity contribution >= 4 is 11.9 Å². The number of nitrogens with one attached hydrogen (secondary N) is 1. The Hall–Kier alpha value is -2.31. The fourth-order valence-corrected chi connectivity index (χ4v) is 3.46. The van der Waals surface area contributed by atoms with Gasteiger partial charge in [-0.15, -0.1) is 0 Å². The molecule has 1 aliphatic heterocycles. The lowest BCUT2D eigenvalue weighted by atomic mass is 9.96. The molecule has 1 saturated heterocycles. The van der Waals surface area contributed by atoms with Crippen LogP contribution in [0, 0.1) is 5.82 Å². The van der Waals surface area contributed by atoms with Crippen LogP contribution in [0.3, 0.4) is 0 Å². The number of amides is 3. The molecule has 1 N–H and O–H groups in total. The Bertz CT molecular complexity index is 626. The Labute approximate surface area is 153 Å². The van der Waals surface area contributed by atoms with Gasteiger partial charge in [0.2, 0.25) is 0 Å². The summed E-state index contributed by atoms with van der Waals surface area (Å²) < 4.78 is 18.8. The van der Waals surface area contributed by atoms with Crippen LogP contribution in [0.5, 0.6) is 5.75 Å². The minimum atomic E-state index is -0.482. The molecule has 1 aliphatic carbocycles. The van der Waals surface area contributed by atoms with E-state index in [0.29, 0.717) is 26.2 Å². The van der Waals surface area contributed by atoms with Crippen LogP contribution < -0.4 is 10.1 Å². The average molecular weight is 363 g/mol. The minimum absolute atomic E-state index is 0.0356. The second kappa shape index (κ2) is 8.87. The molecule has 1 aromatic carbocycles. The second-order valence-electron chi connectivity index (χ2n) is 6.87. The maximum atomic E-state index is 13.5. The number of urea groups is 1. The van der Waals surface area contributed by atoms with Gasteiger partial charge in [-0.3, -0.25) is 4.79 Å². The highest BCUT2D eigenvalue weighted by molar-refractivity contribution is 5.79. The van der Waals surface area contributed by atoms with E-state index in [-0.39, 0.29) is 30.3 Å². The van der Waals surface area contributed by atoms with Crippen LogP contribution in [0.4, 0.5) is 9.18 Å². The van der Waals surface area contributed by atoms with Crippen molar-refractivity contribution in [2.45, 2.75) is 38.1 Å². The third kappa shape index (κ3) is 4.86. The van der Waals surface area contributed by atoms with Crippen molar-refractivity contribution in [1.82, 2.24) is 15.1 Å². The number of halogens is 1. The summed E-state index contributed by atoms with van der Waals surface area (Å²) in [4.78, 5) is 28.0. The summed E-state index contributed by atoms with van der Waals surface area (Å²) in [5.74, 6) is -0.601. The topological polar surface area (TPSA) is 61.9 Å². The number of piperazine rings is 1. The van der Waals surface area contributed by atoms with Crippen LogP contribution in [0.1, 0.15) is 32.1 Å². The van der Waals surface area contributed by atoms with Crippen LogP contribution in [-0.2, 0) is 4.79 Å². The second-order valence-corrected chi connectivity index (χ2v) is 6.87. The molecule has 0 unspecified atom stereocenters. The van der Waals surface area contributed by atoms with Gasteiger partial charge in [-0.1, -0.05) is 31.4 Å². The Morgan fingerprint density at radius 3 is 2.38 bits per heavy atom. The number of carbonyl (C=O) groups is 2. The Kier molecular flexibility index (Phi) is 6.30. The molecule has 142 valence electrons. The third-order valence-electron chi connectivity index (χ3n) is 5.04. The van der Waals surface area contributed by atoms with E-state index in [1.165, 1.54) is 31.4 Å². The highest BCUT2D eigenvalue weighted by Crippen LogP contribution is 2.18. The van der Waals surface area contributed by atoms with Crippen LogP contribution in [0.25, 0.3) is 0 Å². The predicted octanol–water partition coefficient (Wildman–Crippen LogP) is 2.39. The van der Waals surface area contributed by atoms with Gasteiger partial charge in [0.15, 0.2) is 18.2 Å². The molecule has 0 bridgehead atoms. The summed E-state index contributed by atoms with van der Waals surface area (Å²) in [6.07, 6.45) is 5.71. The van der Waals surface area contributed by atoms with E-state index < -0.39 is 5.82 Å². The number of carbonyl (C=O) groups excluding carboxylic acids is 2. The number of ether oxygens (including phenoxy) is 1. The molecular formula is C19H26FN3O3. The molecule has 7 heteroatoms. The lowest BCUT2D eigenvalue weighted by Gasteiger charge is -2.36. The average Bonchev–Trinajstić information content (AvgIpc) is 2.68. The zero-order chi connectivity index (χ0) is 18.4. The number of rotatable bonds is 4. The number of benzene rings is 1. The van der Waals surface area contributed by atoms with Gasteiger partial charge >= 0.3 is 6.03 Å². The van der Waals surface area contributed by atoms with E-state index in [4.69, 9.17) is 4.74 Å². The van der Waals surface area contributed by atoms with Gasteiger partial charge in [-0.25, -0.2) is 9.18 Å². The van der Waals surface area contributed by atoms with E-state index in [1.807, 2.05) is 0 Å². The van der Waals surface area contributed by atoms with Gasteiger partial charge in [0.05, 0.1) is 0 Å². The van der Waals surface area contributed by atoms with E-state index in [0.717, 1.165) is 12.8 Å². The maximum absolute atomic E-state index is 13.5. The monoisotopic (exact) mass is 363 g/mol. The smallest absolute Gasteiger partial charge is 0.317 e. The molecule has 6 nitrogen and oxygen atoms in total. The summed E-state index contributed by atoms with van der Waals surface area (Å²) in [5, 5.41) is 3.10. The molecule has 1 heterocycles. The Balaban J connectivity index is 1.40. The minimum Gasteiger partial charge on any atom is -0.481 e. The van der Waals surface area contributed by atoms with Crippen molar-refractivity contribution < 1.29 is 18.7 Å². The van der Waals surface area contributed by atoms with Gasteiger partial charge < -0.3 is 19.9 Å². The molecule has 0 aromatic heterocycles. The Morgan fingerprint density at radius 2 is 1.69 bits per heavy atom. The van der Waals surface area contributed by atoms with Crippen molar-refractivity contribution in [2.24, 2.45) is 0 Å².